The summed E-state index contributed by atoms with van der Waals surface area (Å²) in [6, 6.07) is 10.3. The highest BCUT2D eigenvalue weighted by molar-refractivity contribution is 5.96. The molecule has 1 fully saturated rings. The lowest BCUT2D eigenvalue weighted by Crippen LogP contribution is -2.44. The van der Waals surface area contributed by atoms with Gasteiger partial charge in [-0.1, -0.05) is 36.4 Å². The molecule has 94 valence electrons. The normalized spacial score (nSPS) is 30.9. The van der Waals surface area contributed by atoms with Gasteiger partial charge < -0.3 is 5.11 Å². The maximum absolute atomic E-state index is 12.0. The number of benzene rings is 1. The number of rotatable bonds is 3. The first-order valence-corrected chi connectivity index (χ1v) is 6.42. The lowest BCUT2D eigenvalue weighted by molar-refractivity contribution is -0.121. The van der Waals surface area contributed by atoms with Gasteiger partial charge in [0.25, 0.3) is 0 Å². The van der Waals surface area contributed by atoms with Crippen molar-refractivity contribution in [2.45, 2.75) is 25.0 Å². The van der Waals surface area contributed by atoms with E-state index in [1.807, 2.05) is 24.3 Å². The van der Waals surface area contributed by atoms with Gasteiger partial charge in [0.1, 0.15) is 0 Å². The van der Waals surface area contributed by atoms with Crippen LogP contribution in [-0.2, 0) is 11.3 Å². The molecule has 1 N–H and O–H groups in total. The van der Waals surface area contributed by atoms with Crippen LogP contribution in [0.4, 0.5) is 0 Å². The molecule has 0 radical (unpaired) electrons. The Kier molecular flexibility index (Phi) is 3.02. The van der Waals surface area contributed by atoms with Gasteiger partial charge in [-0.2, -0.15) is 0 Å². The van der Waals surface area contributed by atoms with E-state index in [1.165, 1.54) is 5.56 Å². The van der Waals surface area contributed by atoms with Crippen LogP contribution in [0.5, 0.6) is 0 Å². The summed E-state index contributed by atoms with van der Waals surface area (Å²) in [6.07, 6.45) is 4.56. The number of aliphatic hydroxyl groups is 1. The molecule has 1 aromatic carbocycles. The van der Waals surface area contributed by atoms with Crippen LogP contribution in [0, 0.1) is 5.92 Å². The van der Waals surface area contributed by atoms with Gasteiger partial charge in [-0.15, -0.1) is 0 Å². The van der Waals surface area contributed by atoms with Crippen LogP contribution < -0.4 is 0 Å². The van der Waals surface area contributed by atoms with E-state index in [0.29, 0.717) is 6.04 Å². The van der Waals surface area contributed by atoms with Crippen LogP contribution in [0.2, 0.25) is 0 Å². The second-order valence-corrected chi connectivity index (χ2v) is 5.11. The zero-order chi connectivity index (χ0) is 12.5. The number of carbonyl (C=O) groups excluding carboxylic acids is 1. The Morgan fingerprint density at radius 1 is 1.28 bits per heavy atom. The molecule has 0 amide bonds. The highest BCUT2D eigenvalue weighted by Gasteiger charge is 2.45. The van der Waals surface area contributed by atoms with Crippen LogP contribution >= 0.6 is 0 Å². The van der Waals surface area contributed by atoms with E-state index in [1.54, 1.807) is 6.08 Å². The van der Waals surface area contributed by atoms with Crippen molar-refractivity contribution in [2.24, 2.45) is 5.92 Å². The standard InChI is InChI=1S/C15H17NO2/c17-10-12-8-13-6-7-14(18)15(12)16(13)9-11-4-2-1-3-5-11/h1-7,12-13,15,17H,8-10H2/t12-,13+,15+/m0/s1. The zero-order valence-electron chi connectivity index (χ0n) is 10.2. The van der Waals surface area contributed by atoms with Gasteiger partial charge in [0.15, 0.2) is 5.78 Å². The smallest absolute Gasteiger partial charge is 0.172 e. The Balaban J connectivity index is 1.84. The van der Waals surface area contributed by atoms with Gasteiger partial charge in [0.05, 0.1) is 6.04 Å². The van der Waals surface area contributed by atoms with Crippen molar-refractivity contribution in [3.8, 4) is 0 Å². The fourth-order valence-corrected chi connectivity index (χ4v) is 3.13. The average molecular weight is 243 g/mol. The molecule has 2 aliphatic rings. The third-order valence-electron chi connectivity index (χ3n) is 3.99. The van der Waals surface area contributed by atoms with Crippen molar-refractivity contribution in [1.29, 1.82) is 0 Å². The number of aliphatic hydroxyl groups excluding tert-OH is 1. The predicted molar refractivity (Wildman–Crippen MR) is 68.9 cm³/mol. The number of carbonyl (C=O) groups is 1. The van der Waals surface area contributed by atoms with Crippen molar-refractivity contribution in [3.63, 3.8) is 0 Å². The minimum absolute atomic E-state index is 0.0845. The third-order valence-corrected chi connectivity index (χ3v) is 3.99. The molecule has 0 spiro atoms. The fraction of sp³-hybridized carbons (Fsp3) is 0.400. The quantitative estimate of drug-likeness (QED) is 0.872. The van der Waals surface area contributed by atoms with Crippen molar-refractivity contribution < 1.29 is 9.90 Å². The van der Waals surface area contributed by atoms with Crippen molar-refractivity contribution in [3.05, 3.63) is 48.0 Å². The molecule has 0 saturated carbocycles. The first kappa shape index (κ1) is 11.6. The summed E-state index contributed by atoms with van der Waals surface area (Å²) in [7, 11) is 0. The van der Waals surface area contributed by atoms with Crippen LogP contribution in [0.3, 0.4) is 0 Å². The monoisotopic (exact) mass is 243 g/mol. The van der Waals surface area contributed by atoms with Gasteiger partial charge in [-0.05, 0) is 18.1 Å². The third kappa shape index (κ3) is 1.89. The summed E-state index contributed by atoms with van der Waals surface area (Å²) in [5, 5.41) is 9.41. The summed E-state index contributed by atoms with van der Waals surface area (Å²) >= 11 is 0. The van der Waals surface area contributed by atoms with Gasteiger partial charge in [0.2, 0.25) is 0 Å². The summed E-state index contributed by atoms with van der Waals surface area (Å²) in [4.78, 5) is 14.2. The minimum Gasteiger partial charge on any atom is -0.396 e. The van der Waals surface area contributed by atoms with Crippen molar-refractivity contribution >= 4 is 5.78 Å². The second-order valence-electron chi connectivity index (χ2n) is 5.11. The SMILES string of the molecule is O=C1C=C[C@@H]2C[C@@H](CO)[C@H]1N2Cc1ccccc1. The Hall–Kier alpha value is -1.45. The fourth-order valence-electron chi connectivity index (χ4n) is 3.13. The lowest BCUT2D eigenvalue weighted by Gasteiger charge is -2.31. The Labute approximate surface area is 107 Å². The van der Waals surface area contributed by atoms with Crippen molar-refractivity contribution in [1.82, 2.24) is 4.90 Å². The van der Waals surface area contributed by atoms with Gasteiger partial charge in [-0.3, -0.25) is 9.69 Å². The highest BCUT2D eigenvalue weighted by atomic mass is 16.3. The number of hydrogen-bond acceptors (Lipinski definition) is 3. The van der Waals surface area contributed by atoms with Gasteiger partial charge in [-0.25, -0.2) is 0 Å². The topological polar surface area (TPSA) is 40.5 Å². The highest BCUT2D eigenvalue weighted by Crippen LogP contribution is 2.35. The van der Waals surface area contributed by atoms with Gasteiger partial charge >= 0.3 is 0 Å². The molecule has 0 aromatic heterocycles. The van der Waals surface area contributed by atoms with Crippen LogP contribution in [0.15, 0.2) is 42.5 Å². The number of ketones is 1. The molecule has 3 nitrogen and oxygen atoms in total. The molecule has 2 aliphatic heterocycles. The molecule has 3 atom stereocenters. The average Bonchev–Trinajstić information content (AvgIpc) is 2.65. The Bertz CT molecular complexity index is 469. The molecular formula is C15H17NO2. The lowest BCUT2D eigenvalue weighted by atomic mass is 9.98. The summed E-state index contributed by atoms with van der Waals surface area (Å²) in [6.45, 7) is 0.878. The summed E-state index contributed by atoms with van der Waals surface area (Å²) < 4.78 is 0. The van der Waals surface area contributed by atoms with E-state index < -0.39 is 0 Å². The van der Waals surface area contributed by atoms with E-state index in [9.17, 15) is 9.90 Å². The molecule has 0 unspecified atom stereocenters. The van der Waals surface area contributed by atoms with E-state index >= 15 is 0 Å². The van der Waals surface area contributed by atoms with Crippen LogP contribution in [0.25, 0.3) is 0 Å². The molecule has 1 saturated heterocycles. The molecule has 2 bridgehead atoms. The number of nitrogens with zero attached hydrogens (tertiary/aromatic N) is 1. The van der Waals surface area contributed by atoms with E-state index in [-0.39, 0.29) is 24.3 Å². The van der Waals surface area contributed by atoms with Crippen LogP contribution in [-0.4, -0.2) is 34.5 Å². The molecule has 3 rings (SSSR count). The first-order valence-electron chi connectivity index (χ1n) is 6.42. The Morgan fingerprint density at radius 2 is 2.06 bits per heavy atom. The molecule has 2 heterocycles. The maximum atomic E-state index is 12.0. The summed E-state index contributed by atoms with van der Waals surface area (Å²) in [5.41, 5.74) is 1.22. The van der Waals surface area contributed by atoms with Gasteiger partial charge in [0, 0.05) is 25.1 Å². The van der Waals surface area contributed by atoms with E-state index in [0.717, 1.165) is 13.0 Å². The number of fused-ring (bicyclic) bond motifs is 2. The molecule has 0 aliphatic carbocycles. The second kappa shape index (κ2) is 4.67. The minimum atomic E-state index is -0.134. The predicted octanol–water partition coefficient (Wildman–Crippen LogP) is 1.38. The largest absolute Gasteiger partial charge is 0.396 e. The van der Waals surface area contributed by atoms with E-state index in [4.69, 9.17) is 0 Å². The molecular weight excluding hydrogens is 226 g/mol. The molecule has 18 heavy (non-hydrogen) atoms. The maximum Gasteiger partial charge on any atom is 0.172 e. The molecule has 3 heteroatoms. The first-order chi connectivity index (χ1) is 8.79. The van der Waals surface area contributed by atoms with E-state index in [2.05, 4.69) is 17.0 Å². The molecule has 1 aromatic rings. The van der Waals surface area contributed by atoms with Crippen molar-refractivity contribution in [2.75, 3.05) is 6.61 Å². The Morgan fingerprint density at radius 3 is 2.78 bits per heavy atom. The summed E-state index contributed by atoms with van der Waals surface area (Å²) in [5.74, 6) is 0.222. The number of hydrogen-bond donors (Lipinski definition) is 1. The van der Waals surface area contributed by atoms with Crippen LogP contribution in [0.1, 0.15) is 12.0 Å². The zero-order valence-corrected chi connectivity index (χ0v) is 10.2.